The van der Waals surface area contributed by atoms with Crippen LogP contribution in [0.2, 0.25) is 0 Å². The number of hydrogen-bond acceptors (Lipinski definition) is 4. The molecular formula is C18H28N2O3. The van der Waals surface area contributed by atoms with Gasteiger partial charge in [-0.3, -0.25) is 9.69 Å². The van der Waals surface area contributed by atoms with E-state index in [2.05, 4.69) is 4.90 Å². The van der Waals surface area contributed by atoms with Gasteiger partial charge in [0.05, 0.1) is 6.61 Å². The summed E-state index contributed by atoms with van der Waals surface area (Å²) in [5.41, 5.74) is 0.350. The Bertz CT molecular complexity index is 502. The maximum Gasteiger partial charge on any atom is 0.409 e. The van der Waals surface area contributed by atoms with Crippen LogP contribution >= 0.6 is 0 Å². The number of amides is 1. The van der Waals surface area contributed by atoms with Gasteiger partial charge in [-0.05, 0) is 43.4 Å². The smallest absolute Gasteiger partial charge is 0.409 e. The molecule has 0 N–H and O–H groups in total. The second kappa shape index (κ2) is 5.47. The predicted octanol–water partition coefficient (Wildman–Crippen LogP) is 2.15. The van der Waals surface area contributed by atoms with Gasteiger partial charge < -0.3 is 9.64 Å². The fourth-order valence-electron chi connectivity index (χ4n) is 5.41. The highest BCUT2D eigenvalue weighted by Crippen LogP contribution is 2.57. The standard InChI is InChI=1S/C18H28N2O3/c1-3-15(21)16-13-9-20(10-14(13)16)12-7-18(8-12)5-6-19(11-18)17(22)23-4-2/h12-14,16H,3-11H2,1-2H3/t12?,13-,14+,16-,18?. The van der Waals surface area contributed by atoms with Crippen LogP contribution in [0.5, 0.6) is 0 Å². The van der Waals surface area contributed by atoms with Gasteiger partial charge in [0.2, 0.25) is 0 Å². The number of Topliss-reactive ketones (excluding diaryl/α,β-unsaturated/α-hetero) is 1. The molecule has 2 aliphatic heterocycles. The van der Waals surface area contributed by atoms with E-state index in [4.69, 9.17) is 4.74 Å². The Balaban J connectivity index is 1.24. The summed E-state index contributed by atoms with van der Waals surface area (Å²) >= 11 is 0. The van der Waals surface area contributed by atoms with Gasteiger partial charge in [0.1, 0.15) is 5.78 Å². The minimum absolute atomic E-state index is 0.142. The van der Waals surface area contributed by atoms with Gasteiger partial charge in [-0.2, -0.15) is 0 Å². The zero-order valence-electron chi connectivity index (χ0n) is 14.3. The topological polar surface area (TPSA) is 49.9 Å². The van der Waals surface area contributed by atoms with Gasteiger partial charge in [0, 0.05) is 44.6 Å². The lowest BCUT2D eigenvalue weighted by atomic mass is 9.64. The van der Waals surface area contributed by atoms with E-state index in [9.17, 15) is 9.59 Å². The van der Waals surface area contributed by atoms with Crippen molar-refractivity contribution in [3.63, 3.8) is 0 Å². The zero-order chi connectivity index (χ0) is 16.2. The Morgan fingerprint density at radius 2 is 1.87 bits per heavy atom. The van der Waals surface area contributed by atoms with E-state index in [0.717, 1.165) is 32.6 Å². The molecule has 1 amide bonds. The Morgan fingerprint density at radius 1 is 1.17 bits per heavy atom. The fourth-order valence-corrected chi connectivity index (χ4v) is 5.41. The number of piperidine rings is 1. The summed E-state index contributed by atoms with van der Waals surface area (Å²) in [5, 5.41) is 0. The molecule has 5 heteroatoms. The highest BCUT2D eigenvalue weighted by Gasteiger charge is 2.61. The van der Waals surface area contributed by atoms with Crippen LogP contribution in [0.4, 0.5) is 4.79 Å². The van der Waals surface area contributed by atoms with Crippen molar-refractivity contribution in [3.05, 3.63) is 0 Å². The number of hydrogen-bond donors (Lipinski definition) is 0. The van der Waals surface area contributed by atoms with Crippen LogP contribution in [0.15, 0.2) is 0 Å². The highest BCUT2D eigenvalue weighted by atomic mass is 16.6. The second-order valence-corrected chi connectivity index (χ2v) is 8.06. The quantitative estimate of drug-likeness (QED) is 0.796. The maximum absolute atomic E-state index is 11.8. The number of rotatable bonds is 4. The number of carbonyl (C=O) groups excluding carboxylic acids is 2. The van der Waals surface area contributed by atoms with Gasteiger partial charge >= 0.3 is 6.09 Å². The third-order valence-electron chi connectivity index (χ3n) is 6.76. The molecule has 2 aliphatic carbocycles. The van der Waals surface area contributed by atoms with Crippen LogP contribution in [0.1, 0.15) is 39.5 Å². The van der Waals surface area contributed by atoms with Crippen molar-refractivity contribution >= 4 is 11.9 Å². The second-order valence-electron chi connectivity index (χ2n) is 8.06. The predicted molar refractivity (Wildman–Crippen MR) is 86.0 cm³/mol. The normalized spacial score (nSPS) is 41.7. The molecule has 0 aromatic heterocycles. The molecule has 2 heterocycles. The number of fused-ring (bicyclic) bond motifs is 1. The van der Waals surface area contributed by atoms with E-state index in [1.54, 1.807) is 0 Å². The van der Waals surface area contributed by atoms with Crippen molar-refractivity contribution in [1.82, 2.24) is 9.80 Å². The lowest BCUT2D eigenvalue weighted by Gasteiger charge is -2.49. The third kappa shape index (κ3) is 2.48. The van der Waals surface area contributed by atoms with Crippen LogP contribution in [0.3, 0.4) is 0 Å². The molecule has 4 fully saturated rings. The van der Waals surface area contributed by atoms with Crippen LogP contribution in [0, 0.1) is 23.2 Å². The summed E-state index contributed by atoms with van der Waals surface area (Å²) in [6.07, 6.45) is 4.12. The Morgan fingerprint density at radius 3 is 2.48 bits per heavy atom. The molecule has 2 saturated heterocycles. The van der Waals surface area contributed by atoms with Gasteiger partial charge in [0.15, 0.2) is 0 Å². The molecule has 0 aromatic rings. The zero-order valence-corrected chi connectivity index (χ0v) is 14.3. The molecular weight excluding hydrogens is 292 g/mol. The van der Waals surface area contributed by atoms with E-state index < -0.39 is 0 Å². The van der Waals surface area contributed by atoms with E-state index in [-0.39, 0.29) is 6.09 Å². The van der Waals surface area contributed by atoms with Crippen molar-refractivity contribution in [3.8, 4) is 0 Å². The number of ether oxygens (including phenoxy) is 1. The molecule has 4 rings (SSSR count). The number of ketones is 1. The first-order valence-corrected chi connectivity index (χ1v) is 9.25. The fraction of sp³-hybridized carbons (Fsp3) is 0.889. The number of likely N-dealkylation sites (tertiary alicyclic amines) is 2. The summed E-state index contributed by atoms with van der Waals surface area (Å²) in [6, 6.07) is 0.683. The lowest BCUT2D eigenvalue weighted by molar-refractivity contribution is -0.121. The average molecular weight is 320 g/mol. The molecule has 4 aliphatic rings. The number of nitrogens with zero attached hydrogens (tertiary/aromatic N) is 2. The van der Waals surface area contributed by atoms with Gasteiger partial charge in [-0.25, -0.2) is 4.79 Å². The summed E-state index contributed by atoms with van der Waals surface area (Å²) in [7, 11) is 0. The van der Waals surface area contributed by atoms with Crippen molar-refractivity contribution in [2.45, 2.75) is 45.6 Å². The molecule has 0 radical (unpaired) electrons. The summed E-state index contributed by atoms with van der Waals surface area (Å²) < 4.78 is 5.12. The Kier molecular flexibility index (Phi) is 3.67. The van der Waals surface area contributed by atoms with E-state index in [0.29, 0.717) is 48.0 Å². The van der Waals surface area contributed by atoms with Gasteiger partial charge in [-0.15, -0.1) is 0 Å². The molecule has 128 valence electrons. The highest BCUT2D eigenvalue weighted by molar-refractivity contribution is 5.84. The first-order chi connectivity index (χ1) is 11.1. The molecule has 1 spiro atoms. The Labute approximate surface area is 138 Å². The average Bonchev–Trinajstić information content (AvgIpc) is 2.91. The number of carbonyl (C=O) groups is 2. The minimum Gasteiger partial charge on any atom is -0.450 e. The molecule has 0 bridgehead atoms. The molecule has 5 nitrogen and oxygen atoms in total. The van der Waals surface area contributed by atoms with Crippen LogP contribution in [-0.4, -0.2) is 60.5 Å². The first-order valence-electron chi connectivity index (χ1n) is 9.25. The monoisotopic (exact) mass is 320 g/mol. The summed E-state index contributed by atoms with van der Waals surface area (Å²) in [5.74, 6) is 2.17. The Hall–Kier alpha value is -1.10. The van der Waals surface area contributed by atoms with E-state index in [1.165, 1.54) is 12.8 Å². The van der Waals surface area contributed by atoms with Crippen LogP contribution in [-0.2, 0) is 9.53 Å². The van der Waals surface area contributed by atoms with Crippen molar-refractivity contribution < 1.29 is 14.3 Å². The largest absolute Gasteiger partial charge is 0.450 e. The van der Waals surface area contributed by atoms with Gasteiger partial charge in [0.25, 0.3) is 0 Å². The summed E-state index contributed by atoms with van der Waals surface area (Å²) in [6.45, 7) is 8.29. The summed E-state index contributed by atoms with van der Waals surface area (Å²) in [4.78, 5) is 28.2. The van der Waals surface area contributed by atoms with Crippen molar-refractivity contribution in [2.24, 2.45) is 23.2 Å². The van der Waals surface area contributed by atoms with Gasteiger partial charge in [-0.1, -0.05) is 6.92 Å². The van der Waals surface area contributed by atoms with Crippen LogP contribution in [0.25, 0.3) is 0 Å². The third-order valence-corrected chi connectivity index (χ3v) is 6.76. The molecule has 23 heavy (non-hydrogen) atoms. The minimum atomic E-state index is -0.142. The maximum atomic E-state index is 11.8. The SMILES string of the molecule is CCOC(=O)N1CCC2(CC(N3C[C@@H]4[C@H](C3)[C@@H]4C(=O)CC)C2)C1. The lowest BCUT2D eigenvalue weighted by Crippen LogP contribution is -2.52. The molecule has 0 unspecified atom stereocenters. The molecule has 2 saturated carbocycles. The molecule has 3 atom stereocenters. The van der Waals surface area contributed by atoms with E-state index in [1.807, 2.05) is 18.7 Å². The first kappa shape index (κ1) is 15.4. The van der Waals surface area contributed by atoms with Crippen molar-refractivity contribution in [1.29, 1.82) is 0 Å². The van der Waals surface area contributed by atoms with Crippen molar-refractivity contribution in [2.75, 3.05) is 32.8 Å². The van der Waals surface area contributed by atoms with Crippen LogP contribution < -0.4 is 0 Å². The van der Waals surface area contributed by atoms with E-state index >= 15 is 0 Å². The molecule has 0 aromatic carbocycles.